The highest BCUT2D eigenvalue weighted by atomic mass is 13.9. The van der Waals surface area contributed by atoms with E-state index >= 15 is 0 Å². The Morgan fingerprint density at radius 3 is 2.45 bits per heavy atom. The molecule has 0 nitrogen and oxygen atoms in total. The highest BCUT2D eigenvalue weighted by Crippen LogP contribution is 2.04. The van der Waals surface area contributed by atoms with Crippen LogP contribution >= 0.6 is 0 Å². The van der Waals surface area contributed by atoms with Crippen LogP contribution in [0.2, 0.25) is 0 Å². The largest absolute Gasteiger partial charge is 0.130 e. The van der Waals surface area contributed by atoms with Crippen LogP contribution in [-0.2, 0) is 0 Å². The van der Waals surface area contributed by atoms with E-state index in [2.05, 4.69) is 18.7 Å². The highest BCUT2D eigenvalue weighted by Gasteiger charge is 1.85. The van der Waals surface area contributed by atoms with E-state index in [0.717, 1.165) is 0 Å². The molecule has 0 aliphatic carbocycles. The van der Waals surface area contributed by atoms with Gasteiger partial charge in [0.05, 0.1) is 0 Å². The molecule has 0 amide bonds. The van der Waals surface area contributed by atoms with Gasteiger partial charge >= 0.3 is 0 Å². The number of unbranched alkanes of at least 4 members (excludes halogenated alkanes) is 5. The second kappa shape index (κ2) is 9.52. The van der Waals surface area contributed by atoms with Gasteiger partial charge in [0.15, 0.2) is 0 Å². The first kappa shape index (κ1) is 10.5. The van der Waals surface area contributed by atoms with Gasteiger partial charge in [0.1, 0.15) is 0 Å². The minimum atomic E-state index is 1.20. The van der Waals surface area contributed by atoms with Crippen molar-refractivity contribution in [1.82, 2.24) is 0 Å². The molecule has 0 aromatic heterocycles. The van der Waals surface area contributed by atoms with Crippen LogP contribution in [0.4, 0.5) is 0 Å². The van der Waals surface area contributed by atoms with Gasteiger partial charge in [-0.25, -0.2) is 0 Å². The van der Waals surface area contributed by atoms with Crippen molar-refractivity contribution in [2.45, 2.75) is 52.4 Å². The molecular weight excluding hydrogens is 132 g/mol. The van der Waals surface area contributed by atoms with E-state index in [1.807, 2.05) is 13.0 Å². The van der Waals surface area contributed by atoms with Crippen LogP contribution < -0.4 is 0 Å². The van der Waals surface area contributed by atoms with Crippen molar-refractivity contribution in [2.24, 2.45) is 0 Å². The molecule has 0 aliphatic rings. The van der Waals surface area contributed by atoms with E-state index in [1.54, 1.807) is 0 Å². The maximum atomic E-state index is 3.09. The lowest BCUT2D eigenvalue weighted by molar-refractivity contribution is 0.637. The Morgan fingerprint density at radius 1 is 1.09 bits per heavy atom. The third kappa shape index (κ3) is 9.52. The standard InChI is InChI=1S/C11H20/c1-3-5-7-9-11-10-8-6-4-2/h3,7H,4,6,8-11H2,1-2H3. The molecule has 11 heavy (non-hydrogen) atoms. The Balaban J connectivity index is 2.96. The van der Waals surface area contributed by atoms with Crippen LogP contribution in [-0.4, -0.2) is 0 Å². The molecule has 0 saturated carbocycles. The molecule has 0 rings (SSSR count). The van der Waals surface area contributed by atoms with Crippen molar-refractivity contribution >= 4 is 0 Å². The van der Waals surface area contributed by atoms with E-state index in [-0.39, 0.29) is 0 Å². The Hall–Kier alpha value is -0.480. The Kier molecular flexibility index (Phi) is 9.10. The quantitative estimate of drug-likeness (QED) is 0.397. The molecule has 0 radical (unpaired) electrons. The summed E-state index contributed by atoms with van der Waals surface area (Å²) in [6.45, 7) is 4.26. The first-order valence-corrected chi connectivity index (χ1v) is 4.77. The van der Waals surface area contributed by atoms with Crippen molar-refractivity contribution in [3.63, 3.8) is 0 Å². The van der Waals surface area contributed by atoms with Gasteiger partial charge in [0.25, 0.3) is 0 Å². The number of allylic oxidation sites excluding steroid dienone is 1. The summed E-state index contributed by atoms with van der Waals surface area (Å²) in [4.78, 5) is 0. The van der Waals surface area contributed by atoms with Gasteiger partial charge < -0.3 is 0 Å². The Morgan fingerprint density at radius 2 is 1.82 bits per heavy atom. The molecule has 0 heteroatoms. The predicted molar refractivity (Wildman–Crippen MR) is 51.7 cm³/mol. The Labute approximate surface area is 71.0 Å². The lowest BCUT2D eigenvalue weighted by Gasteiger charge is -1.94. The van der Waals surface area contributed by atoms with Gasteiger partial charge in [0, 0.05) is 0 Å². The number of rotatable bonds is 6. The van der Waals surface area contributed by atoms with E-state index in [9.17, 15) is 0 Å². The van der Waals surface area contributed by atoms with Crippen molar-refractivity contribution in [2.75, 3.05) is 0 Å². The summed E-state index contributed by atoms with van der Waals surface area (Å²) in [5.74, 6) is 0. The molecule has 0 N–H and O–H groups in total. The van der Waals surface area contributed by atoms with Crippen LogP contribution in [0.25, 0.3) is 0 Å². The first-order valence-electron chi connectivity index (χ1n) is 4.77. The van der Waals surface area contributed by atoms with Gasteiger partial charge in [0.2, 0.25) is 0 Å². The van der Waals surface area contributed by atoms with E-state index in [0.29, 0.717) is 0 Å². The van der Waals surface area contributed by atoms with Crippen LogP contribution in [0.1, 0.15) is 52.4 Å². The summed E-state index contributed by atoms with van der Waals surface area (Å²) in [5, 5.41) is 0. The lowest BCUT2D eigenvalue weighted by atomic mass is 10.1. The zero-order chi connectivity index (χ0) is 8.36. The minimum absolute atomic E-state index is 1.20. The molecule has 0 bridgehead atoms. The highest BCUT2D eigenvalue weighted by molar-refractivity contribution is 4.81. The van der Waals surface area contributed by atoms with Gasteiger partial charge in [-0.15, -0.1) is 5.73 Å². The summed E-state index contributed by atoms with van der Waals surface area (Å²) < 4.78 is 0. The first-order chi connectivity index (χ1) is 5.41. The number of hydrogen-bond acceptors (Lipinski definition) is 0. The molecule has 0 spiro atoms. The minimum Gasteiger partial charge on any atom is -0.130 e. The van der Waals surface area contributed by atoms with Gasteiger partial charge in [-0.3, -0.25) is 0 Å². The van der Waals surface area contributed by atoms with Crippen LogP contribution in [0, 0.1) is 0 Å². The molecule has 0 aromatic rings. The molecule has 0 atom stereocenters. The van der Waals surface area contributed by atoms with Crippen molar-refractivity contribution in [3.8, 4) is 0 Å². The zero-order valence-corrected chi connectivity index (χ0v) is 7.90. The molecule has 0 unspecified atom stereocenters. The van der Waals surface area contributed by atoms with Crippen molar-refractivity contribution < 1.29 is 0 Å². The molecule has 0 aromatic carbocycles. The topological polar surface area (TPSA) is 0 Å². The van der Waals surface area contributed by atoms with Crippen molar-refractivity contribution in [3.05, 3.63) is 17.9 Å². The average molecular weight is 152 g/mol. The van der Waals surface area contributed by atoms with Gasteiger partial charge in [-0.05, 0) is 31.9 Å². The molecule has 0 saturated heterocycles. The summed E-state index contributed by atoms with van der Waals surface area (Å²) in [7, 11) is 0. The maximum Gasteiger partial charge on any atom is -0.0274 e. The van der Waals surface area contributed by atoms with E-state index in [1.165, 1.54) is 38.5 Å². The van der Waals surface area contributed by atoms with Gasteiger partial charge in [-0.2, -0.15) is 0 Å². The fraction of sp³-hybridized carbons (Fsp3) is 0.727. The van der Waals surface area contributed by atoms with E-state index < -0.39 is 0 Å². The third-order valence-corrected chi connectivity index (χ3v) is 1.74. The fourth-order valence-corrected chi connectivity index (χ4v) is 1.05. The van der Waals surface area contributed by atoms with Crippen LogP contribution in [0.3, 0.4) is 0 Å². The number of hydrogen-bond donors (Lipinski definition) is 0. The molecule has 0 heterocycles. The molecule has 0 fully saturated rings. The average Bonchev–Trinajstić information content (AvgIpc) is 2.03. The predicted octanol–water partition coefficient (Wildman–Crippen LogP) is 4.08. The summed E-state index contributed by atoms with van der Waals surface area (Å²) in [5.41, 5.74) is 3.09. The lowest BCUT2D eigenvalue weighted by Crippen LogP contribution is -1.75. The summed E-state index contributed by atoms with van der Waals surface area (Å²) >= 11 is 0. The summed E-state index contributed by atoms with van der Waals surface area (Å²) in [6.07, 6.45) is 12.2. The normalized spacial score (nSPS) is 8.91. The summed E-state index contributed by atoms with van der Waals surface area (Å²) in [6, 6.07) is 0. The van der Waals surface area contributed by atoms with Crippen LogP contribution in [0.5, 0.6) is 0 Å². The maximum absolute atomic E-state index is 3.09. The monoisotopic (exact) mass is 152 g/mol. The second-order valence-corrected chi connectivity index (χ2v) is 2.86. The molecule has 0 aliphatic heterocycles. The zero-order valence-electron chi connectivity index (χ0n) is 7.90. The third-order valence-electron chi connectivity index (χ3n) is 1.74. The smallest absolute Gasteiger partial charge is 0.0274 e. The van der Waals surface area contributed by atoms with Crippen molar-refractivity contribution in [1.29, 1.82) is 0 Å². The van der Waals surface area contributed by atoms with Gasteiger partial charge in [-0.1, -0.05) is 32.6 Å². The SMILES string of the molecule is CC=C=CCCCCCCC. The fourth-order valence-electron chi connectivity index (χ4n) is 1.05. The van der Waals surface area contributed by atoms with E-state index in [4.69, 9.17) is 0 Å². The van der Waals surface area contributed by atoms with Crippen LogP contribution in [0.15, 0.2) is 17.9 Å². The molecular formula is C11H20. The second-order valence-electron chi connectivity index (χ2n) is 2.86. The molecule has 64 valence electrons. The Bertz CT molecular complexity index is 116.